The Kier molecular flexibility index (Phi) is 2.63. The molecule has 0 saturated carbocycles. The summed E-state index contributed by atoms with van der Waals surface area (Å²) < 4.78 is 1.97. The number of nitrogens with zero attached hydrogens (tertiary/aromatic N) is 3. The van der Waals surface area contributed by atoms with Crippen molar-refractivity contribution in [1.82, 2.24) is 20.1 Å². The summed E-state index contributed by atoms with van der Waals surface area (Å²) in [5.41, 5.74) is 1.27. The van der Waals surface area contributed by atoms with E-state index in [9.17, 15) is 0 Å². The van der Waals surface area contributed by atoms with Crippen molar-refractivity contribution in [2.24, 2.45) is 0 Å². The van der Waals surface area contributed by atoms with Gasteiger partial charge >= 0.3 is 0 Å². The van der Waals surface area contributed by atoms with E-state index in [1.807, 2.05) is 4.68 Å². The summed E-state index contributed by atoms with van der Waals surface area (Å²) in [4.78, 5) is 4.30. The van der Waals surface area contributed by atoms with Crippen LogP contribution in [0.25, 0.3) is 5.57 Å². The lowest BCUT2D eigenvalue weighted by molar-refractivity contribution is 0.522. The number of hydrogen-bond donors (Lipinski definition) is 1. The lowest BCUT2D eigenvalue weighted by Gasteiger charge is -2.15. The van der Waals surface area contributed by atoms with Gasteiger partial charge in [-0.15, -0.1) is 0 Å². The van der Waals surface area contributed by atoms with Gasteiger partial charge in [-0.05, 0) is 26.8 Å². The maximum atomic E-state index is 4.30. The highest BCUT2D eigenvalue weighted by Gasteiger charge is 2.13. The molecule has 1 aliphatic rings. The number of nitrogens with one attached hydrogen (secondary N) is 1. The molecular formula is C10H16N4. The maximum absolute atomic E-state index is 4.30. The molecule has 0 radical (unpaired) electrons. The van der Waals surface area contributed by atoms with Gasteiger partial charge in [0.05, 0.1) is 0 Å². The van der Waals surface area contributed by atoms with Crippen molar-refractivity contribution in [2.75, 3.05) is 13.1 Å². The van der Waals surface area contributed by atoms with Crippen LogP contribution in [0.1, 0.15) is 32.1 Å². The Hall–Kier alpha value is -1.16. The van der Waals surface area contributed by atoms with Crippen molar-refractivity contribution in [3.8, 4) is 0 Å². The molecule has 1 aromatic heterocycles. The van der Waals surface area contributed by atoms with E-state index < -0.39 is 0 Å². The summed E-state index contributed by atoms with van der Waals surface area (Å²) in [6, 6.07) is 0.371. The van der Waals surface area contributed by atoms with Crippen molar-refractivity contribution in [3.63, 3.8) is 0 Å². The molecule has 0 spiro atoms. The first-order chi connectivity index (χ1) is 6.79. The molecule has 0 unspecified atom stereocenters. The standard InChI is InChI=1S/C10H16N4/c1-8(2)14-10(12-7-13-14)9-4-3-5-11-6-9/h4,7-8,11H,3,5-6H2,1-2H3. The highest BCUT2D eigenvalue weighted by molar-refractivity contribution is 5.62. The third kappa shape index (κ3) is 1.70. The van der Waals surface area contributed by atoms with Crippen LogP contribution in [0, 0.1) is 0 Å². The summed E-state index contributed by atoms with van der Waals surface area (Å²) in [7, 11) is 0. The summed E-state index contributed by atoms with van der Waals surface area (Å²) in [5.74, 6) is 1.01. The van der Waals surface area contributed by atoms with Gasteiger partial charge in [0, 0.05) is 18.2 Å². The van der Waals surface area contributed by atoms with Gasteiger partial charge in [0.1, 0.15) is 6.33 Å². The van der Waals surface area contributed by atoms with E-state index in [4.69, 9.17) is 0 Å². The van der Waals surface area contributed by atoms with Gasteiger partial charge < -0.3 is 5.32 Å². The van der Waals surface area contributed by atoms with Gasteiger partial charge in [0.2, 0.25) is 0 Å². The van der Waals surface area contributed by atoms with E-state index in [-0.39, 0.29) is 0 Å². The normalized spacial score (nSPS) is 17.2. The SMILES string of the molecule is CC(C)n1ncnc1C1=CCCNC1. The van der Waals surface area contributed by atoms with Gasteiger partial charge in [-0.1, -0.05) is 6.08 Å². The molecule has 0 atom stereocenters. The second-order valence-electron chi connectivity index (χ2n) is 3.82. The highest BCUT2D eigenvalue weighted by atomic mass is 15.3. The molecule has 4 nitrogen and oxygen atoms in total. The average Bonchev–Trinajstić information content (AvgIpc) is 2.67. The van der Waals surface area contributed by atoms with E-state index in [1.165, 1.54) is 5.57 Å². The van der Waals surface area contributed by atoms with E-state index in [0.717, 1.165) is 25.3 Å². The van der Waals surface area contributed by atoms with Crippen molar-refractivity contribution >= 4 is 5.57 Å². The largest absolute Gasteiger partial charge is 0.312 e. The molecule has 1 aromatic rings. The Labute approximate surface area is 84.0 Å². The Morgan fingerprint density at radius 3 is 3.00 bits per heavy atom. The maximum Gasteiger partial charge on any atom is 0.155 e. The minimum Gasteiger partial charge on any atom is -0.312 e. The second-order valence-corrected chi connectivity index (χ2v) is 3.82. The number of aromatic nitrogens is 3. The summed E-state index contributed by atoms with van der Waals surface area (Å²) in [5, 5.41) is 7.57. The van der Waals surface area contributed by atoms with Crippen LogP contribution in [0.2, 0.25) is 0 Å². The van der Waals surface area contributed by atoms with Crippen LogP contribution in [0.15, 0.2) is 12.4 Å². The molecule has 76 valence electrons. The fraction of sp³-hybridized carbons (Fsp3) is 0.600. The third-order valence-corrected chi connectivity index (χ3v) is 2.38. The summed E-state index contributed by atoms with van der Waals surface area (Å²) >= 11 is 0. The van der Waals surface area contributed by atoms with E-state index >= 15 is 0 Å². The van der Waals surface area contributed by atoms with Gasteiger partial charge in [0.15, 0.2) is 5.82 Å². The highest BCUT2D eigenvalue weighted by Crippen LogP contribution is 2.16. The minimum atomic E-state index is 0.371. The first kappa shape index (κ1) is 9.40. The van der Waals surface area contributed by atoms with Gasteiger partial charge in [-0.3, -0.25) is 0 Å². The van der Waals surface area contributed by atoms with Crippen LogP contribution in [0.3, 0.4) is 0 Å². The molecule has 1 aliphatic heterocycles. The van der Waals surface area contributed by atoms with E-state index in [1.54, 1.807) is 6.33 Å². The molecule has 14 heavy (non-hydrogen) atoms. The molecule has 0 aliphatic carbocycles. The number of rotatable bonds is 2. The third-order valence-electron chi connectivity index (χ3n) is 2.38. The average molecular weight is 192 g/mol. The molecule has 1 N–H and O–H groups in total. The monoisotopic (exact) mass is 192 g/mol. The molecule has 0 aromatic carbocycles. The van der Waals surface area contributed by atoms with Crippen LogP contribution >= 0.6 is 0 Å². The zero-order valence-electron chi connectivity index (χ0n) is 8.70. The van der Waals surface area contributed by atoms with Gasteiger partial charge in [-0.25, -0.2) is 9.67 Å². The first-order valence-electron chi connectivity index (χ1n) is 5.08. The molecule has 0 amide bonds. The molecular weight excluding hydrogens is 176 g/mol. The second kappa shape index (κ2) is 3.92. The zero-order chi connectivity index (χ0) is 9.97. The van der Waals surface area contributed by atoms with Crippen molar-refractivity contribution in [1.29, 1.82) is 0 Å². The topological polar surface area (TPSA) is 42.7 Å². The van der Waals surface area contributed by atoms with Gasteiger partial charge in [-0.2, -0.15) is 5.10 Å². The van der Waals surface area contributed by atoms with Crippen molar-refractivity contribution in [2.45, 2.75) is 26.3 Å². The molecule has 4 heteroatoms. The predicted octanol–water partition coefficient (Wildman–Crippen LogP) is 1.24. The zero-order valence-corrected chi connectivity index (χ0v) is 8.70. The van der Waals surface area contributed by atoms with Crippen molar-refractivity contribution in [3.05, 3.63) is 18.2 Å². The van der Waals surface area contributed by atoms with Crippen LogP contribution in [0.4, 0.5) is 0 Å². The van der Waals surface area contributed by atoms with Crippen LogP contribution in [-0.4, -0.2) is 27.9 Å². The Balaban J connectivity index is 2.30. The fourth-order valence-electron chi connectivity index (χ4n) is 1.67. The lowest BCUT2D eigenvalue weighted by Crippen LogP contribution is -2.23. The van der Waals surface area contributed by atoms with Crippen LogP contribution < -0.4 is 5.32 Å². The quantitative estimate of drug-likeness (QED) is 0.766. The van der Waals surface area contributed by atoms with E-state index in [2.05, 4.69) is 35.3 Å². The summed E-state index contributed by atoms with van der Waals surface area (Å²) in [6.07, 6.45) is 4.96. The first-order valence-corrected chi connectivity index (χ1v) is 5.08. The summed E-state index contributed by atoms with van der Waals surface area (Å²) in [6.45, 7) is 6.22. The van der Waals surface area contributed by atoms with Crippen LogP contribution in [0.5, 0.6) is 0 Å². The number of hydrogen-bond acceptors (Lipinski definition) is 3. The minimum absolute atomic E-state index is 0.371. The van der Waals surface area contributed by atoms with Gasteiger partial charge in [0.25, 0.3) is 0 Å². The van der Waals surface area contributed by atoms with E-state index in [0.29, 0.717) is 6.04 Å². The molecule has 0 bridgehead atoms. The lowest BCUT2D eigenvalue weighted by atomic mass is 10.1. The Morgan fingerprint density at radius 1 is 1.50 bits per heavy atom. The van der Waals surface area contributed by atoms with Crippen molar-refractivity contribution < 1.29 is 0 Å². The molecule has 2 heterocycles. The Morgan fingerprint density at radius 2 is 2.36 bits per heavy atom. The molecule has 2 rings (SSSR count). The molecule has 0 saturated heterocycles. The predicted molar refractivity (Wildman–Crippen MR) is 55.9 cm³/mol. The fourth-order valence-corrected chi connectivity index (χ4v) is 1.67. The van der Waals surface area contributed by atoms with Crippen LogP contribution in [-0.2, 0) is 0 Å². The Bertz CT molecular complexity index is 338. The smallest absolute Gasteiger partial charge is 0.155 e. The molecule has 0 fully saturated rings.